The molecule has 0 aliphatic heterocycles. The van der Waals surface area contributed by atoms with Gasteiger partial charge in [-0.05, 0) is 14.0 Å². The van der Waals surface area contributed by atoms with Gasteiger partial charge < -0.3 is 4.74 Å². The summed E-state index contributed by atoms with van der Waals surface area (Å²) in [5.74, 6) is -17.4. The molecule has 0 saturated heterocycles. The van der Waals surface area contributed by atoms with E-state index >= 15 is 4.39 Å². The van der Waals surface area contributed by atoms with Gasteiger partial charge in [-0.15, -0.1) is 0 Å². The second kappa shape index (κ2) is 8.48. The average Bonchev–Trinajstić information content (AvgIpc) is 2.49. The molecule has 1 atom stereocenters. The van der Waals surface area contributed by atoms with Crippen LogP contribution in [0, 0.1) is 5.41 Å². The minimum atomic E-state index is -8.30. The number of ether oxygens (including phenoxy) is 1. The number of nitrogens with zero attached hydrogens (tertiary/aromatic N) is 1. The first kappa shape index (κ1) is 30.1. The molecule has 0 aliphatic carbocycles. The van der Waals surface area contributed by atoms with Crippen molar-refractivity contribution in [2.24, 2.45) is 5.41 Å². The van der Waals surface area contributed by atoms with Crippen molar-refractivity contribution in [3.05, 3.63) is 12.2 Å². The summed E-state index contributed by atoms with van der Waals surface area (Å²) in [5.41, 5.74) is -9.84. The highest BCUT2D eigenvalue weighted by molar-refractivity contribution is 5.88. The Balaban J connectivity index is 7.57. The summed E-state index contributed by atoms with van der Waals surface area (Å²) in [5, 5.41) is 0. The maximum absolute atomic E-state index is 15.2. The van der Waals surface area contributed by atoms with E-state index in [-0.39, 0.29) is 0 Å². The Morgan fingerprint density at radius 2 is 1.09 bits per heavy atom. The molecule has 1 unspecified atom stereocenters. The lowest BCUT2D eigenvalue weighted by Crippen LogP contribution is -2.81. The Morgan fingerprint density at radius 3 is 1.34 bits per heavy atom. The molecule has 0 aromatic heterocycles. The number of alkyl halides is 15. The smallest absolute Gasteiger partial charge is 0.458 e. The number of halogens is 15. The van der Waals surface area contributed by atoms with Crippen molar-refractivity contribution in [1.82, 2.24) is 4.90 Å². The first-order valence-corrected chi connectivity index (χ1v) is 7.68. The summed E-state index contributed by atoms with van der Waals surface area (Å²) in [6.45, 7) is 0.654. The van der Waals surface area contributed by atoms with Crippen LogP contribution in [0.3, 0.4) is 0 Å². The first-order chi connectivity index (χ1) is 13.8. The second-order valence-electron chi connectivity index (χ2n) is 6.12. The standard InChI is InChI=1S/C14H12F15NO2/c1-4-32-7(31)6(2)5-30(3)10(17,9(15,16)14(27,28)29)8(11(18,19)20,12(21,22)23)13(24,25)26/h2,4-5H2,1,3H3. The predicted octanol–water partition coefficient (Wildman–Crippen LogP) is 5.57. The Kier molecular flexibility index (Phi) is 7.98. The van der Waals surface area contributed by atoms with Crippen LogP contribution < -0.4 is 0 Å². The fourth-order valence-corrected chi connectivity index (χ4v) is 2.69. The number of hydrogen-bond donors (Lipinski definition) is 0. The van der Waals surface area contributed by atoms with E-state index < -0.39 is 78.5 Å². The van der Waals surface area contributed by atoms with Gasteiger partial charge in [0.05, 0.1) is 6.61 Å². The maximum atomic E-state index is 15.2. The van der Waals surface area contributed by atoms with Crippen LogP contribution in [0.25, 0.3) is 0 Å². The molecule has 0 fully saturated rings. The lowest BCUT2D eigenvalue weighted by Gasteiger charge is -2.53. The average molecular weight is 511 g/mol. The van der Waals surface area contributed by atoms with E-state index in [1.807, 2.05) is 0 Å². The van der Waals surface area contributed by atoms with Gasteiger partial charge >= 0.3 is 42.0 Å². The molecule has 18 heteroatoms. The molecule has 0 aliphatic rings. The topological polar surface area (TPSA) is 29.5 Å². The quantitative estimate of drug-likeness (QED) is 0.194. The molecule has 0 saturated carbocycles. The lowest BCUT2D eigenvalue weighted by atomic mass is 9.71. The van der Waals surface area contributed by atoms with Gasteiger partial charge in [0.15, 0.2) is 0 Å². The summed E-state index contributed by atoms with van der Waals surface area (Å²) in [6.07, 6.45) is -32.1. The number of hydrogen-bond acceptors (Lipinski definition) is 3. The van der Waals surface area contributed by atoms with Crippen molar-refractivity contribution in [2.45, 2.75) is 43.3 Å². The molecule has 0 spiro atoms. The van der Waals surface area contributed by atoms with Crippen LogP contribution in [0.5, 0.6) is 0 Å². The summed E-state index contributed by atoms with van der Waals surface area (Å²) in [4.78, 5) is 9.46. The van der Waals surface area contributed by atoms with Gasteiger partial charge in [-0.2, -0.15) is 61.5 Å². The largest absolute Gasteiger partial charge is 0.463 e. The van der Waals surface area contributed by atoms with Gasteiger partial charge in [0.1, 0.15) is 0 Å². The van der Waals surface area contributed by atoms with Crippen molar-refractivity contribution >= 4 is 5.97 Å². The van der Waals surface area contributed by atoms with Crippen molar-refractivity contribution in [3.8, 4) is 0 Å². The molecular weight excluding hydrogens is 499 g/mol. The van der Waals surface area contributed by atoms with Gasteiger partial charge in [-0.25, -0.2) is 9.18 Å². The highest BCUT2D eigenvalue weighted by atomic mass is 19.4. The SMILES string of the molecule is C=C(CN(C)C(F)(C(F)(F)C(F)(F)F)C(C(F)(F)F)(C(F)(F)F)C(F)(F)F)C(=O)OCC. The van der Waals surface area contributed by atoms with E-state index in [2.05, 4.69) is 11.3 Å². The molecule has 0 aromatic rings. The zero-order valence-electron chi connectivity index (χ0n) is 15.6. The fraction of sp³-hybridized carbons (Fsp3) is 0.786. The minimum absolute atomic E-state index is 0.599. The van der Waals surface area contributed by atoms with Gasteiger partial charge in [-0.3, -0.25) is 4.90 Å². The first-order valence-electron chi connectivity index (χ1n) is 7.68. The van der Waals surface area contributed by atoms with E-state index in [4.69, 9.17) is 0 Å². The third-order valence-electron chi connectivity index (χ3n) is 4.06. The highest BCUT2D eigenvalue weighted by Crippen LogP contribution is 2.70. The van der Waals surface area contributed by atoms with Crippen molar-refractivity contribution in [1.29, 1.82) is 0 Å². The van der Waals surface area contributed by atoms with Crippen LogP contribution in [0.4, 0.5) is 65.9 Å². The molecular formula is C14H12F15NO2. The summed E-state index contributed by atoms with van der Waals surface area (Å²) < 4.78 is 205. The molecule has 0 aromatic carbocycles. The number of carbonyl (C=O) groups excluding carboxylic acids is 1. The predicted molar refractivity (Wildman–Crippen MR) is 73.8 cm³/mol. The molecule has 0 amide bonds. The molecule has 0 rings (SSSR count). The zero-order valence-corrected chi connectivity index (χ0v) is 15.6. The minimum Gasteiger partial charge on any atom is -0.463 e. The Bertz CT molecular complexity index is 667. The van der Waals surface area contributed by atoms with Crippen LogP contribution in [-0.2, 0) is 9.53 Å². The van der Waals surface area contributed by atoms with E-state index in [1.165, 1.54) is 0 Å². The zero-order chi connectivity index (χ0) is 26.4. The van der Waals surface area contributed by atoms with Crippen molar-refractivity contribution < 1.29 is 75.4 Å². The molecule has 190 valence electrons. The van der Waals surface area contributed by atoms with Gasteiger partial charge in [-0.1, -0.05) is 6.58 Å². The van der Waals surface area contributed by atoms with Crippen molar-refractivity contribution in [3.63, 3.8) is 0 Å². The fourth-order valence-electron chi connectivity index (χ4n) is 2.69. The summed E-state index contributed by atoms with van der Waals surface area (Å²) >= 11 is 0. The summed E-state index contributed by atoms with van der Waals surface area (Å²) in [6, 6.07) is 0. The monoisotopic (exact) mass is 511 g/mol. The highest BCUT2D eigenvalue weighted by Gasteiger charge is 2.99. The lowest BCUT2D eigenvalue weighted by molar-refractivity contribution is -0.509. The van der Waals surface area contributed by atoms with Crippen LogP contribution >= 0.6 is 0 Å². The molecule has 0 radical (unpaired) electrons. The molecule has 32 heavy (non-hydrogen) atoms. The third-order valence-corrected chi connectivity index (χ3v) is 4.06. The Hall–Kier alpha value is -1.88. The number of rotatable bonds is 7. The molecule has 3 nitrogen and oxygen atoms in total. The van der Waals surface area contributed by atoms with E-state index in [9.17, 15) is 66.3 Å². The van der Waals surface area contributed by atoms with Crippen LogP contribution in [0.2, 0.25) is 0 Å². The molecule has 0 N–H and O–H groups in total. The van der Waals surface area contributed by atoms with Crippen LogP contribution in [0.15, 0.2) is 12.2 Å². The van der Waals surface area contributed by atoms with Crippen LogP contribution in [-0.4, -0.2) is 67.5 Å². The van der Waals surface area contributed by atoms with Crippen molar-refractivity contribution in [2.75, 3.05) is 20.2 Å². The van der Waals surface area contributed by atoms with E-state index in [0.717, 1.165) is 6.92 Å². The van der Waals surface area contributed by atoms with Gasteiger partial charge in [0.25, 0.3) is 5.79 Å². The Morgan fingerprint density at radius 1 is 0.750 bits per heavy atom. The third kappa shape index (κ3) is 4.33. The van der Waals surface area contributed by atoms with Gasteiger partial charge in [0, 0.05) is 12.1 Å². The van der Waals surface area contributed by atoms with E-state index in [1.54, 1.807) is 0 Å². The maximum Gasteiger partial charge on any atom is 0.458 e. The van der Waals surface area contributed by atoms with Gasteiger partial charge in [0.2, 0.25) is 0 Å². The molecule has 0 bridgehead atoms. The summed E-state index contributed by atoms with van der Waals surface area (Å²) in [7, 11) is -0.679. The van der Waals surface area contributed by atoms with E-state index in [0.29, 0.717) is 0 Å². The number of carbonyl (C=O) groups is 1. The Labute approximate surface area is 168 Å². The number of esters is 1. The second-order valence-corrected chi connectivity index (χ2v) is 6.12. The normalized spacial score (nSPS) is 16.7. The van der Waals surface area contributed by atoms with Crippen LogP contribution in [0.1, 0.15) is 6.92 Å². The number of likely N-dealkylation sites (N-methyl/N-ethyl adjacent to an activating group) is 1. The molecule has 0 heterocycles.